The minimum Gasteiger partial charge on any atom is -0.514 e. The number of anilines is 2. The van der Waals surface area contributed by atoms with Crippen LogP contribution in [-0.4, -0.2) is 42.4 Å². The summed E-state index contributed by atoms with van der Waals surface area (Å²) in [4.78, 5) is 22.9. The summed E-state index contributed by atoms with van der Waals surface area (Å²) in [5.74, 6) is 0.286. The number of unbranched alkanes of at least 4 members (excludes halogenated alkanes) is 1. The number of para-hydroxylation sites is 1. The molecule has 1 atom stereocenters. The van der Waals surface area contributed by atoms with E-state index in [0.717, 1.165) is 59.9 Å². The van der Waals surface area contributed by atoms with Gasteiger partial charge in [0.05, 0.1) is 38.1 Å². The molecule has 0 aliphatic rings. The number of alkyl carbamates (subject to hydrolysis) is 1. The first-order chi connectivity index (χ1) is 22.2. The zero-order chi connectivity index (χ0) is 33.7. The Bertz CT molecular complexity index is 1410. The zero-order valence-electron chi connectivity index (χ0n) is 27.5. The molecule has 0 saturated carbocycles. The monoisotopic (exact) mass is 631 g/mol. The van der Waals surface area contributed by atoms with E-state index in [2.05, 4.69) is 69.4 Å². The second-order valence-corrected chi connectivity index (χ2v) is 10.7. The van der Waals surface area contributed by atoms with Crippen molar-refractivity contribution in [1.82, 2.24) is 16.0 Å². The SMILES string of the molecule is CCC(N/C(=C\O)CNC(=O)Cc1ccc(N/C(=C\O)Nc2ccccc2C)cc1)c1ccc(C)cc1.CCCCNC(=O)OC. The van der Waals surface area contributed by atoms with Crippen LogP contribution in [0.1, 0.15) is 61.4 Å². The molecule has 3 rings (SSSR count). The van der Waals surface area contributed by atoms with E-state index >= 15 is 0 Å². The van der Waals surface area contributed by atoms with Gasteiger partial charge in [-0.25, -0.2) is 4.79 Å². The van der Waals surface area contributed by atoms with Crippen molar-refractivity contribution < 1.29 is 24.5 Å². The highest BCUT2D eigenvalue weighted by Gasteiger charge is 2.12. The summed E-state index contributed by atoms with van der Waals surface area (Å²) < 4.78 is 4.35. The molecule has 0 aliphatic carbocycles. The molecule has 0 radical (unpaired) electrons. The third kappa shape index (κ3) is 13.7. The van der Waals surface area contributed by atoms with Crippen LogP contribution in [0.5, 0.6) is 0 Å². The second-order valence-electron chi connectivity index (χ2n) is 10.7. The Morgan fingerprint density at radius 3 is 2.15 bits per heavy atom. The molecule has 0 saturated heterocycles. The van der Waals surface area contributed by atoms with Crippen LogP contribution in [0.2, 0.25) is 0 Å². The number of methoxy groups -OCH3 is 1. The number of benzene rings is 3. The molecule has 0 spiro atoms. The normalized spacial score (nSPS) is 11.8. The fourth-order valence-corrected chi connectivity index (χ4v) is 4.27. The lowest BCUT2D eigenvalue weighted by Gasteiger charge is -2.21. The first-order valence-corrected chi connectivity index (χ1v) is 15.5. The lowest BCUT2D eigenvalue weighted by molar-refractivity contribution is -0.120. The van der Waals surface area contributed by atoms with Crippen molar-refractivity contribution in [3.63, 3.8) is 0 Å². The van der Waals surface area contributed by atoms with Crippen LogP contribution in [0.3, 0.4) is 0 Å². The van der Waals surface area contributed by atoms with Gasteiger partial charge in [-0.2, -0.15) is 0 Å². The van der Waals surface area contributed by atoms with Crippen LogP contribution in [0.25, 0.3) is 0 Å². The van der Waals surface area contributed by atoms with E-state index in [1.165, 1.54) is 12.7 Å². The van der Waals surface area contributed by atoms with Crippen LogP contribution in [0, 0.1) is 13.8 Å². The van der Waals surface area contributed by atoms with E-state index in [9.17, 15) is 19.8 Å². The van der Waals surface area contributed by atoms with Crippen molar-refractivity contribution in [2.75, 3.05) is 30.8 Å². The molecule has 0 aliphatic heterocycles. The lowest BCUT2D eigenvalue weighted by atomic mass is 10.0. The van der Waals surface area contributed by atoms with E-state index in [0.29, 0.717) is 18.1 Å². The standard InChI is InChI=1S/C30H36N4O3.C6H13NO2/c1-4-27(24-13-9-21(2)10-14-24)32-26(19-35)18-31-30(37)17-23-11-15-25(16-12-23)33-29(20-36)34-28-8-6-5-7-22(28)3;1-3-4-5-7-6(8)9-2/h5-16,19-20,27,32-36H,4,17-18H2,1-3H3,(H,31,37);3-5H2,1-2H3,(H,7,8)/b26-19-,29-20+;. The quantitative estimate of drug-likeness (QED) is 0.0694. The van der Waals surface area contributed by atoms with Gasteiger partial charge in [0.2, 0.25) is 5.91 Å². The molecule has 3 aromatic carbocycles. The number of hydrogen-bond acceptors (Lipinski definition) is 8. The molecule has 46 heavy (non-hydrogen) atoms. The van der Waals surface area contributed by atoms with Gasteiger partial charge in [-0.15, -0.1) is 0 Å². The van der Waals surface area contributed by atoms with Gasteiger partial charge in [-0.3, -0.25) is 4.79 Å². The molecular formula is C36H49N5O5. The molecule has 10 heteroatoms. The summed E-state index contributed by atoms with van der Waals surface area (Å²) in [5.41, 5.74) is 6.42. The number of ether oxygens (including phenoxy) is 1. The highest BCUT2D eigenvalue weighted by molar-refractivity contribution is 5.79. The highest BCUT2D eigenvalue weighted by Crippen LogP contribution is 2.19. The average Bonchev–Trinajstić information content (AvgIpc) is 3.07. The molecule has 2 amide bonds. The van der Waals surface area contributed by atoms with Gasteiger partial charge in [0.15, 0.2) is 0 Å². The molecule has 0 heterocycles. The number of hydrogen-bond donors (Lipinski definition) is 7. The Hall–Kier alpha value is -5.12. The van der Waals surface area contributed by atoms with E-state index in [1.54, 1.807) is 0 Å². The van der Waals surface area contributed by atoms with Gasteiger partial charge < -0.3 is 41.5 Å². The van der Waals surface area contributed by atoms with Crippen molar-refractivity contribution in [3.8, 4) is 0 Å². The van der Waals surface area contributed by atoms with Crippen molar-refractivity contribution >= 4 is 23.4 Å². The molecule has 248 valence electrons. The Kier molecular flexibility index (Phi) is 16.7. The predicted octanol–water partition coefficient (Wildman–Crippen LogP) is 7.13. The number of aryl methyl sites for hydroxylation is 2. The number of amides is 2. The Morgan fingerprint density at radius 2 is 1.57 bits per heavy atom. The lowest BCUT2D eigenvalue weighted by Crippen LogP contribution is -2.32. The average molecular weight is 632 g/mol. The van der Waals surface area contributed by atoms with Crippen molar-refractivity contribution in [3.05, 3.63) is 119 Å². The molecular weight excluding hydrogens is 582 g/mol. The Morgan fingerprint density at radius 1 is 0.870 bits per heavy atom. The maximum absolute atomic E-state index is 12.5. The van der Waals surface area contributed by atoms with Gasteiger partial charge in [-0.05, 0) is 61.6 Å². The topological polar surface area (TPSA) is 144 Å². The number of rotatable bonds is 15. The van der Waals surface area contributed by atoms with Crippen LogP contribution >= 0.6 is 0 Å². The highest BCUT2D eigenvalue weighted by atomic mass is 16.5. The van der Waals surface area contributed by atoms with Crippen LogP contribution in [0.4, 0.5) is 16.2 Å². The smallest absolute Gasteiger partial charge is 0.406 e. The van der Waals surface area contributed by atoms with E-state index in [1.807, 2.05) is 62.4 Å². The summed E-state index contributed by atoms with van der Waals surface area (Å²) in [6.45, 7) is 9.08. The predicted molar refractivity (Wildman–Crippen MR) is 186 cm³/mol. The molecule has 0 aromatic heterocycles. The molecule has 0 fully saturated rings. The molecule has 1 unspecified atom stereocenters. The summed E-state index contributed by atoms with van der Waals surface area (Å²) in [6.07, 6.45) is 4.79. The van der Waals surface area contributed by atoms with Crippen LogP contribution in [-0.2, 0) is 16.0 Å². The maximum Gasteiger partial charge on any atom is 0.406 e. The van der Waals surface area contributed by atoms with Gasteiger partial charge in [-0.1, -0.05) is 80.4 Å². The fraction of sp³-hybridized carbons (Fsp3) is 0.333. The number of aliphatic hydroxyl groups is 2. The van der Waals surface area contributed by atoms with Gasteiger partial charge in [0, 0.05) is 17.9 Å². The molecule has 10 nitrogen and oxygen atoms in total. The maximum atomic E-state index is 12.5. The van der Waals surface area contributed by atoms with E-state index < -0.39 is 0 Å². The van der Waals surface area contributed by atoms with Gasteiger partial charge in [0.1, 0.15) is 12.1 Å². The third-order valence-electron chi connectivity index (χ3n) is 7.01. The largest absolute Gasteiger partial charge is 0.514 e. The van der Waals surface area contributed by atoms with Gasteiger partial charge >= 0.3 is 6.09 Å². The minimum atomic E-state index is -0.344. The van der Waals surface area contributed by atoms with E-state index in [-0.39, 0.29) is 31.0 Å². The van der Waals surface area contributed by atoms with Gasteiger partial charge in [0.25, 0.3) is 0 Å². The molecule has 0 bridgehead atoms. The number of aliphatic hydroxyl groups excluding tert-OH is 2. The van der Waals surface area contributed by atoms with Crippen molar-refractivity contribution in [2.45, 2.75) is 59.4 Å². The van der Waals surface area contributed by atoms with Crippen LogP contribution < -0.4 is 26.6 Å². The minimum absolute atomic E-state index is 0.0362. The summed E-state index contributed by atoms with van der Waals surface area (Å²) in [6, 6.07) is 23.5. The summed E-state index contributed by atoms with van der Waals surface area (Å²) in [5, 5.41) is 34.3. The van der Waals surface area contributed by atoms with Crippen LogP contribution in [0.15, 0.2) is 96.8 Å². The van der Waals surface area contributed by atoms with E-state index in [4.69, 9.17) is 0 Å². The fourth-order valence-electron chi connectivity index (χ4n) is 4.27. The molecule has 3 aromatic rings. The zero-order valence-corrected chi connectivity index (χ0v) is 27.5. The summed E-state index contributed by atoms with van der Waals surface area (Å²) >= 11 is 0. The number of carbonyl (C=O) groups excluding carboxylic acids is 2. The first kappa shape index (κ1) is 37.1. The first-order valence-electron chi connectivity index (χ1n) is 15.5. The third-order valence-corrected chi connectivity index (χ3v) is 7.01. The Labute approximate surface area is 273 Å². The second kappa shape index (κ2) is 20.8. The number of carbonyl (C=O) groups is 2. The Balaban J connectivity index is 0.000000713. The molecule has 7 N–H and O–H groups in total. The van der Waals surface area contributed by atoms with Crippen molar-refractivity contribution in [2.24, 2.45) is 0 Å². The summed E-state index contributed by atoms with van der Waals surface area (Å²) in [7, 11) is 1.36. The number of nitrogens with one attached hydrogen (secondary N) is 5. The van der Waals surface area contributed by atoms with Crippen molar-refractivity contribution in [1.29, 1.82) is 0 Å².